The number of carbonyl (C=O) groups excluding carboxylic acids is 1. The molecule has 0 rings (SSSR count). The zero-order valence-electron chi connectivity index (χ0n) is 5.14. The Morgan fingerprint density at radius 1 is 1.50 bits per heavy atom. The van der Waals surface area contributed by atoms with Crippen molar-refractivity contribution in [2.45, 2.75) is 19.3 Å². The van der Waals surface area contributed by atoms with E-state index < -0.39 is 0 Å². The molecule has 0 spiro atoms. The van der Waals surface area contributed by atoms with Crippen LogP contribution in [0.4, 0.5) is 0 Å². The van der Waals surface area contributed by atoms with Crippen LogP contribution in [0.1, 0.15) is 19.3 Å². The number of hydrogen-bond donors (Lipinski definition) is 0. The highest BCUT2D eigenvalue weighted by molar-refractivity contribution is 5.50. The topological polar surface area (TPSA) is 26.3 Å². The highest BCUT2D eigenvalue weighted by Gasteiger charge is 1.84. The Labute approximate surface area is 49.8 Å². The van der Waals surface area contributed by atoms with Crippen molar-refractivity contribution in [2.75, 3.05) is 13.7 Å². The lowest BCUT2D eigenvalue weighted by molar-refractivity contribution is 0.193. The Morgan fingerprint density at radius 3 is 2.75 bits per heavy atom. The third-order valence-electron chi connectivity index (χ3n) is 0.877. The van der Waals surface area contributed by atoms with Gasteiger partial charge in [0.25, 0.3) is 0 Å². The second-order valence-corrected chi connectivity index (χ2v) is 1.59. The van der Waals surface area contributed by atoms with Crippen molar-refractivity contribution in [1.82, 2.24) is 0 Å². The lowest BCUT2D eigenvalue weighted by atomic mass is 10.3. The number of unbranched alkanes of at least 4 members (excludes halogenated alkanes) is 2. The van der Waals surface area contributed by atoms with Crippen molar-refractivity contribution in [3.05, 3.63) is 0 Å². The molecule has 47 valence electrons. The van der Waals surface area contributed by atoms with Crippen LogP contribution < -0.4 is 0 Å². The molecule has 0 unspecified atom stereocenters. The molecule has 8 heavy (non-hydrogen) atoms. The smallest absolute Gasteiger partial charge is 0.198 e. The van der Waals surface area contributed by atoms with E-state index >= 15 is 0 Å². The van der Waals surface area contributed by atoms with Crippen LogP contribution in [0, 0.1) is 0 Å². The highest BCUT2D eigenvalue weighted by Crippen LogP contribution is 1.90. The van der Waals surface area contributed by atoms with E-state index in [1.165, 1.54) is 0 Å². The standard InChI is InChI=1S/C6H11O2/c1-8-6-4-2-3-5-7/h2-4,6H2,1H3. The lowest BCUT2D eigenvalue weighted by Gasteiger charge is -1.92. The molecule has 0 aliphatic rings. The van der Waals surface area contributed by atoms with E-state index in [4.69, 9.17) is 4.74 Å². The van der Waals surface area contributed by atoms with Gasteiger partial charge in [0.15, 0.2) is 6.29 Å². The summed E-state index contributed by atoms with van der Waals surface area (Å²) in [7, 11) is 1.66. The average Bonchev–Trinajstić information content (AvgIpc) is 1.81. The van der Waals surface area contributed by atoms with Gasteiger partial charge >= 0.3 is 0 Å². The quantitative estimate of drug-likeness (QED) is 0.498. The van der Waals surface area contributed by atoms with Crippen molar-refractivity contribution in [2.24, 2.45) is 0 Å². The SMILES string of the molecule is COCCCC[C]=O. The summed E-state index contributed by atoms with van der Waals surface area (Å²) in [6.45, 7) is 0.752. The summed E-state index contributed by atoms with van der Waals surface area (Å²) in [5.41, 5.74) is 0. The van der Waals surface area contributed by atoms with Crippen molar-refractivity contribution in [3.63, 3.8) is 0 Å². The van der Waals surface area contributed by atoms with Gasteiger partial charge in [0.2, 0.25) is 0 Å². The van der Waals surface area contributed by atoms with Gasteiger partial charge in [-0.15, -0.1) is 0 Å². The number of methoxy groups -OCH3 is 1. The van der Waals surface area contributed by atoms with Crippen LogP contribution in [0.25, 0.3) is 0 Å². The predicted molar refractivity (Wildman–Crippen MR) is 31.4 cm³/mol. The summed E-state index contributed by atoms with van der Waals surface area (Å²) in [6, 6.07) is 0. The summed E-state index contributed by atoms with van der Waals surface area (Å²) >= 11 is 0. The van der Waals surface area contributed by atoms with E-state index in [1.807, 2.05) is 6.29 Å². The van der Waals surface area contributed by atoms with Gasteiger partial charge in [-0.05, 0) is 12.8 Å². The molecule has 0 fully saturated rings. The molecular weight excluding hydrogens is 104 g/mol. The fraction of sp³-hybridized carbons (Fsp3) is 0.833. The predicted octanol–water partition coefficient (Wildman–Crippen LogP) is 0.913. The summed E-state index contributed by atoms with van der Waals surface area (Å²) in [5, 5.41) is 0. The van der Waals surface area contributed by atoms with E-state index in [2.05, 4.69) is 0 Å². The third-order valence-corrected chi connectivity index (χ3v) is 0.877. The first kappa shape index (κ1) is 7.63. The van der Waals surface area contributed by atoms with E-state index in [0.717, 1.165) is 19.4 Å². The van der Waals surface area contributed by atoms with Crippen molar-refractivity contribution >= 4 is 6.29 Å². The van der Waals surface area contributed by atoms with Crippen LogP contribution in [0.5, 0.6) is 0 Å². The van der Waals surface area contributed by atoms with Crippen LogP contribution in [-0.2, 0) is 9.53 Å². The number of ether oxygens (including phenoxy) is 1. The van der Waals surface area contributed by atoms with E-state index in [-0.39, 0.29) is 0 Å². The van der Waals surface area contributed by atoms with Gasteiger partial charge in [0.05, 0.1) is 0 Å². The molecule has 0 saturated carbocycles. The highest BCUT2D eigenvalue weighted by atomic mass is 16.5. The maximum atomic E-state index is 9.60. The van der Waals surface area contributed by atoms with Gasteiger partial charge in [0, 0.05) is 20.1 Å². The van der Waals surface area contributed by atoms with Crippen LogP contribution in [0.3, 0.4) is 0 Å². The van der Waals surface area contributed by atoms with Gasteiger partial charge in [-0.3, -0.25) is 4.79 Å². The van der Waals surface area contributed by atoms with Gasteiger partial charge in [-0.25, -0.2) is 0 Å². The Morgan fingerprint density at radius 2 is 2.25 bits per heavy atom. The summed E-state index contributed by atoms with van der Waals surface area (Å²) in [6.07, 6.45) is 4.23. The van der Waals surface area contributed by atoms with Gasteiger partial charge in [0.1, 0.15) is 0 Å². The molecule has 1 radical (unpaired) electrons. The van der Waals surface area contributed by atoms with Crippen molar-refractivity contribution < 1.29 is 9.53 Å². The monoisotopic (exact) mass is 115 g/mol. The molecule has 0 heterocycles. The molecule has 0 aromatic rings. The number of rotatable bonds is 5. The van der Waals surface area contributed by atoms with Crippen molar-refractivity contribution in [3.8, 4) is 0 Å². The first-order valence-corrected chi connectivity index (χ1v) is 2.75. The molecule has 0 aliphatic carbocycles. The van der Waals surface area contributed by atoms with Gasteiger partial charge in [-0.2, -0.15) is 0 Å². The van der Waals surface area contributed by atoms with E-state index in [9.17, 15) is 4.79 Å². The van der Waals surface area contributed by atoms with Gasteiger partial charge in [-0.1, -0.05) is 0 Å². The molecule has 0 aromatic carbocycles. The van der Waals surface area contributed by atoms with Crippen LogP contribution >= 0.6 is 0 Å². The molecule has 0 saturated heterocycles. The van der Waals surface area contributed by atoms with E-state index in [1.54, 1.807) is 7.11 Å². The molecule has 0 N–H and O–H groups in total. The second-order valence-electron chi connectivity index (χ2n) is 1.59. The minimum Gasteiger partial charge on any atom is -0.385 e. The summed E-state index contributed by atoms with van der Waals surface area (Å²) in [4.78, 5) is 9.60. The van der Waals surface area contributed by atoms with Crippen molar-refractivity contribution in [1.29, 1.82) is 0 Å². The van der Waals surface area contributed by atoms with Crippen LogP contribution in [-0.4, -0.2) is 20.0 Å². The minimum atomic E-state index is 0.545. The molecule has 0 amide bonds. The largest absolute Gasteiger partial charge is 0.385 e. The van der Waals surface area contributed by atoms with E-state index in [0.29, 0.717) is 6.42 Å². The van der Waals surface area contributed by atoms with Crippen LogP contribution in [0.15, 0.2) is 0 Å². The average molecular weight is 115 g/mol. The maximum absolute atomic E-state index is 9.60. The lowest BCUT2D eigenvalue weighted by Crippen LogP contribution is -1.87. The molecule has 2 nitrogen and oxygen atoms in total. The molecule has 0 aromatic heterocycles. The number of hydrogen-bond acceptors (Lipinski definition) is 2. The minimum absolute atomic E-state index is 0.545. The first-order chi connectivity index (χ1) is 3.91. The Balaban J connectivity index is 2.62. The molecule has 2 heteroatoms. The molecule has 0 aliphatic heterocycles. The van der Waals surface area contributed by atoms with Crippen LogP contribution in [0.2, 0.25) is 0 Å². The Hall–Kier alpha value is -0.370. The molecular formula is C6H11O2. The second kappa shape index (κ2) is 6.63. The summed E-state index contributed by atoms with van der Waals surface area (Å²) < 4.78 is 4.76. The first-order valence-electron chi connectivity index (χ1n) is 2.75. The fourth-order valence-corrected chi connectivity index (χ4v) is 0.444. The zero-order valence-corrected chi connectivity index (χ0v) is 5.14. The summed E-state index contributed by atoms with van der Waals surface area (Å²) in [5.74, 6) is 0. The normalized spacial score (nSPS) is 9.12. The Kier molecular flexibility index (Phi) is 6.32. The third kappa shape index (κ3) is 5.63. The zero-order chi connectivity index (χ0) is 6.24. The molecule has 0 bridgehead atoms. The fourth-order valence-electron chi connectivity index (χ4n) is 0.444. The Bertz CT molecular complexity index is 52.5. The molecule has 0 atom stereocenters. The van der Waals surface area contributed by atoms with Gasteiger partial charge < -0.3 is 4.74 Å². The maximum Gasteiger partial charge on any atom is 0.198 e.